The molecule has 0 amide bonds. The Balaban J connectivity index is 1.91. The van der Waals surface area contributed by atoms with Gasteiger partial charge in [0, 0.05) is 25.3 Å². The first-order chi connectivity index (χ1) is 11.4. The lowest BCUT2D eigenvalue weighted by molar-refractivity contribution is 0.383. The van der Waals surface area contributed by atoms with E-state index >= 15 is 0 Å². The molecule has 1 saturated heterocycles. The van der Waals surface area contributed by atoms with Crippen molar-refractivity contribution >= 4 is 28.3 Å². The van der Waals surface area contributed by atoms with Crippen molar-refractivity contribution in [3.8, 4) is 0 Å². The number of nitrogens with one attached hydrogen (secondary N) is 1. The Kier molecular flexibility index (Phi) is 3.47. The quantitative estimate of drug-likeness (QED) is 0.869. The maximum atomic E-state index is 12.3. The van der Waals surface area contributed by atoms with Gasteiger partial charge in [-0.15, -0.1) is 0 Å². The molecule has 0 bridgehead atoms. The van der Waals surface area contributed by atoms with E-state index in [0.717, 1.165) is 32.4 Å². The first-order valence-corrected chi connectivity index (χ1v) is 8.59. The van der Waals surface area contributed by atoms with E-state index in [-0.39, 0.29) is 11.5 Å². The van der Waals surface area contributed by atoms with Gasteiger partial charge in [0.05, 0.1) is 10.9 Å². The predicted octanol–water partition coefficient (Wildman–Crippen LogP) is 1.25. The SMILES string of the molecule is CC1(CN)CCN(c2ncc3c(=O)[nH]c(=O)n(C4CC4)c3c2Cl)C1. The summed E-state index contributed by atoms with van der Waals surface area (Å²) in [6.45, 7) is 4.31. The van der Waals surface area contributed by atoms with Gasteiger partial charge in [-0.1, -0.05) is 18.5 Å². The Morgan fingerprint density at radius 3 is 2.83 bits per heavy atom. The number of fused-ring (bicyclic) bond motifs is 1. The number of halogens is 1. The molecule has 2 aromatic heterocycles. The van der Waals surface area contributed by atoms with E-state index in [1.54, 1.807) is 4.57 Å². The molecule has 24 heavy (non-hydrogen) atoms. The van der Waals surface area contributed by atoms with Crippen molar-refractivity contribution in [1.82, 2.24) is 14.5 Å². The molecule has 1 unspecified atom stereocenters. The second-order valence-corrected chi connectivity index (χ2v) is 7.58. The molecule has 2 aromatic rings. The smallest absolute Gasteiger partial charge is 0.329 e. The molecule has 128 valence electrons. The predicted molar refractivity (Wildman–Crippen MR) is 93.9 cm³/mol. The summed E-state index contributed by atoms with van der Waals surface area (Å²) in [5.41, 5.74) is 5.57. The van der Waals surface area contributed by atoms with Crippen LogP contribution >= 0.6 is 11.6 Å². The summed E-state index contributed by atoms with van der Waals surface area (Å²) in [6.07, 6.45) is 4.32. The Bertz CT molecular complexity index is 932. The summed E-state index contributed by atoms with van der Waals surface area (Å²) < 4.78 is 1.61. The van der Waals surface area contributed by atoms with Crippen LogP contribution in [0.4, 0.5) is 5.82 Å². The number of nitrogens with two attached hydrogens (primary N) is 1. The lowest BCUT2D eigenvalue weighted by Crippen LogP contribution is -2.32. The van der Waals surface area contributed by atoms with Gasteiger partial charge in [0.15, 0.2) is 0 Å². The topological polar surface area (TPSA) is 97.0 Å². The van der Waals surface area contributed by atoms with Crippen molar-refractivity contribution in [3.63, 3.8) is 0 Å². The van der Waals surface area contributed by atoms with E-state index in [1.165, 1.54) is 6.20 Å². The number of nitrogens with zero attached hydrogens (tertiary/aromatic N) is 3. The van der Waals surface area contributed by atoms with E-state index in [2.05, 4.69) is 21.8 Å². The zero-order chi connectivity index (χ0) is 17.1. The maximum Gasteiger partial charge on any atom is 0.329 e. The molecule has 0 radical (unpaired) electrons. The second-order valence-electron chi connectivity index (χ2n) is 7.20. The van der Waals surface area contributed by atoms with E-state index in [1.807, 2.05) is 0 Å². The molecule has 3 heterocycles. The van der Waals surface area contributed by atoms with E-state index in [0.29, 0.717) is 28.3 Å². The Morgan fingerprint density at radius 1 is 1.46 bits per heavy atom. The lowest BCUT2D eigenvalue weighted by Gasteiger charge is -2.24. The van der Waals surface area contributed by atoms with Crippen molar-refractivity contribution in [1.29, 1.82) is 0 Å². The van der Waals surface area contributed by atoms with E-state index < -0.39 is 11.2 Å². The minimum atomic E-state index is -0.443. The second kappa shape index (κ2) is 5.32. The van der Waals surface area contributed by atoms with Crippen LogP contribution in [0, 0.1) is 5.41 Å². The van der Waals surface area contributed by atoms with Crippen molar-refractivity contribution in [2.45, 2.75) is 32.2 Å². The molecule has 2 aliphatic rings. The number of aromatic amines is 1. The van der Waals surface area contributed by atoms with Gasteiger partial charge >= 0.3 is 5.69 Å². The fourth-order valence-electron chi connectivity index (χ4n) is 3.47. The Morgan fingerprint density at radius 2 is 2.21 bits per heavy atom. The van der Waals surface area contributed by atoms with Crippen LogP contribution in [-0.4, -0.2) is 34.2 Å². The molecule has 1 aliphatic heterocycles. The number of aromatic nitrogens is 3. The van der Waals surface area contributed by atoms with Crippen molar-refractivity contribution < 1.29 is 0 Å². The summed E-state index contributed by atoms with van der Waals surface area (Å²) in [4.78, 5) is 33.3. The molecule has 1 aliphatic carbocycles. The third kappa shape index (κ3) is 2.34. The van der Waals surface area contributed by atoms with Gasteiger partial charge in [-0.25, -0.2) is 9.78 Å². The fraction of sp³-hybridized carbons (Fsp3) is 0.562. The molecule has 1 atom stereocenters. The zero-order valence-corrected chi connectivity index (χ0v) is 14.3. The monoisotopic (exact) mass is 349 g/mol. The van der Waals surface area contributed by atoms with Gasteiger partial charge in [0.25, 0.3) is 5.56 Å². The highest BCUT2D eigenvalue weighted by atomic mass is 35.5. The average molecular weight is 350 g/mol. The number of H-pyrrole nitrogens is 1. The molecular weight excluding hydrogens is 330 g/mol. The van der Waals surface area contributed by atoms with Gasteiger partial charge in [-0.3, -0.25) is 14.3 Å². The molecule has 8 heteroatoms. The van der Waals surface area contributed by atoms with Gasteiger partial charge in [-0.2, -0.15) is 0 Å². The molecule has 3 N–H and O–H groups in total. The number of hydrogen-bond donors (Lipinski definition) is 2. The number of hydrogen-bond acceptors (Lipinski definition) is 5. The van der Waals surface area contributed by atoms with Crippen molar-refractivity contribution in [2.75, 3.05) is 24.5 Å². The van der Waals surface area contributed by atoms with E-state index in [9.17, 15) is 9.59 Å². The summed E-state index contributed by atoms with van der Waals surface area (Å²) >= 11 is 6.63. The standard InChI is InChI=1S/C16H20ClN5O2/c1-16(7-18)4-5-21(8-16)13-11(17)12-10(6-19-13)14(23)20-15(24)22(12)9-2-3-9/h6,9H,2-5,7-8,18H2,1H3,(H,20,23,24). The third-order valence-corrected chi connectivity index (χ3v) is 5.51. The molecule has 2 fully saturated rings. The summed E-state index contributed by atoms with van der Waals surface area (Å²) in [6, 6.07) is 0.109. The first-order valence-electron chi connectivity index (χ1n) is 8.21. The molecule has 1 saturated carbocycles. The Labute approximate surface area is 143 Å². The lowest BCUT2D eigenvalue weighted by atomic mass is 9.90. The molecular formula is C16H20ClN5O2. The first kappa shape index (κ1) is 15.7. The van der Waals surface area contributed by atoms with Crippen molar-refractivity contribution in [3.05, 3.63) is 32.1 Å². The summed E-state index contributed by atoms with van der Waals surface area (Å²) in [5, 5.41) is 0.736. The number of rotatable bonds is 3. The van der Waals surface area contributed by atoms with Crippen LogP contribution in [0.2, 0.25) is 5.02 Å². The zero-order valence-electron chi connectivity index (χ0n) is 13.5. The summed E-state index contributed by atoms with van der Waals surface area (Å²) in [7, 11) is 0. The average Bonchev–Trinajstić information content (AvgIpc) is 3.30. The molecule has 0 spiro atoms. The van der Waals surface area contributed by atoms with Crippen LogP contribution in [0.25, 0.3) is 10.9 Å². The molecule has 7 nitrogen and oxygen atoms in total. The van der Waals surface area contributed by atoms with Crippen LogP contribution in [-0.2, 0) is 0 Å². The highest BCUT2D eigenvalue weighted by molar-refractivity contribution is 6.37. The maximum absolute atomic E-state index is 12.3. The van der Waals surface area contributed by atoms with Crippen LogP contribution in [0.15, 0.2) is 15.8 Å². The van der Waals surface area contributed by atoms with Crippen LogP contribution in [0.3, 0.4) is 0 Å². The minimum Gasteiger partial charge on any atom is -0.355 e. The number of pyridine rings is 1. The Hall–Kier alpha value is -1.86. The van der Waals surface area contributed by atoms with Gasteiger partial charge in [0.1, 0.15) is 10.8 Å². The largest absolute Gasteiger partial charge is 0.355 e. The minimum absolute atomic E-state index is 0.0320. The van der Waals surface area contributed by atoms with E-state index in [4.69, 9.17) is 17.3 Å². The highest BCUT2D eigenvalue weighted by Crippen LogP contribution is 2.40. The van der Waals surface area contributed by atoms with Crippen LogP contribution < -0.4 is 21.9 Å². The highest BCUT2D eigenvalue weighted by Gasteiger charge is 2.35. The molecule has 4 rings (SSSR count). The van der Waals surface area contributed by atoms with Gasteiger partial charge in [0.2, 0.25) is 0 Å². The normalized spacial score (nSPS) is 24.0. The molecule has 0 aromatic carbocycles. The third-order valence-electron chi connectivity index (χ3n) is 5.16. The fourth-order valence-corrected chi connectivity index (χ4v) is 3.83. The van der Waals surface area contributed by atoms with Crippen LogP contribution in [0.1, 0.15) is 32.2 Å². The summed E-state index contributed by atoms with van der Waals surface area (Å²) in [5.74, 6) is 0.626. The van der Waals surface area contributed by atoms with Crippen molar-refractivity contribution in [2.24, 2.45) is 11.1 Å². The van der Waals surface area contributed by atoms with Gasteiger partial charge in [-0.05, 0) is 31.2 Å². The number of anilines is 1. The van der Waals surface area contributed by atoms with Gasteiger partial charge < -0.3 is 10.6 Å². The van der Waals surface area contributed by atoms with Crippen LogP contribution in [0.5, 0.6) is 0 Å².